The zero-order valence-corrected chi connectivity index (χ0v) is 13.2. The first-order valence-corrected chi connectivity index (χ1v) is 8.20. The van der Waals surface area contributed by atoms with E-state index in [2.05, 4.69) is 83.4 Å². The number of benzene rings is 4. The van der Waals surface area contributed by atoms with Gasteiger partial charge in [-0.2, -0.15) is 0 Å². The van der Waals surface area contributed by atoms with Crippen LogP contribution in [0, 0.1) is 0 Å². The third-order valence-electron chi connectivity index (χ3n) is 4.69. The standard InChI is InChI=1S/C22H16N2/c1-2-8-16(9-3-1)14-24-15-23-21-19-12-6-4-10-17(19)18-11-5-7-13-20(18)22(21)24/h1-13,15H,14H2. The lowest BCUT2D eigenvalue weighted by Gasteiger charge is -2.10. The van der Waals surface area contributed by atoms with Gasteiger partial charge in [0.25, 0.3) is 0 Å². The Hall–Kier alpha value is -3.13. The number of hydrogen-bond donors (Lipinski definition) is 0. The summed E-state index contributed by atoms with van der Waals surface area (Å²) in [6, 6.07) is 27.7. The van der Waals surface area contributed by atoms with Crippen molar-refractivity contribution in [2.45, 2.75) is 6.54 Å². The topological polar surface area (TPSA) is 17.8 Å². The summed E-state index contributed by atoms with van der Waals surface area (Å²) >= 11 is 0. The van der Waals surface area contributed by atoms with Gasteiger partial charge in [0.05, 0.1) is 17.4 Å². The van der Waals surface area contributed by atoms with Crippen LogP contribution in [0.3, 0.4) is 0 Å². The van der Waals surface area contributed by atoms with E-state index in [1.807, 2.05) is 6.33 Å². The number of rotatable bonds is 2. The third-order valence-corrected chi connectivity index (χ3v) is 4.69. The lowest BCUT2D eigenvalue weighted by molar-refractivity contribution is 0.827. The maximum absolute atomic E-state index is 4.76. The Morgan fingerprint density at radius 3 is 1.96 bits per heavy atom. The van der Waals surface area contributed by atoms with E-state index in [9.17, 15) is 0 Å². The predicted octanol–water partition coefficient (Wildman–Crippen LogP) is 5.39. The number of fused-ring (bicyclic) bond motifs is 6. The second kappa shape index (κ2) is 5.20. The summed E-state index contributed by atoms with van der Waals surface area (Å²) in [5.74, 6) is 0. The molecule has 5 aromatic rings. The van der Waals surface area contributed by atoms with Crippen molar-refractivity contribution < 1.29 is 0 Å². The van der Waals surface area contributed by atoms with E-state index < -0.39 is 0 Å². The molecule has 0 saturated heterocycles. The Labute approximate surface area is 140 Å². The minimum absolute atomic E-state index is 0.833. The Bertz CT molecular complexity index is 1170. The van der Waals surface area contributed by atoms with Gasteiger partial charge >= 0.3 is 0 Å². The van der Waals surface area contributed by atoms with Crippen LogP contribution in [0.5, 0.6) is 0 Å². The highest BCUT2D eigenvalue weighted by atomic mass is 15.0. The number of imidazole rings is 1. The van der Waals surface area contributed by atoms with Gasteiger partial charge in [0.2, 0.25) is 0 Å². The van der Waals surface area contributed by atoms with Crippen LogP contribution in [0.15, 0.2) is 85.2 Å². The van der Waals surface area contributed by atoms with Gasteiger partial charge in [-0.1, -0.05) is 78.9 Å². The average molecular weight is 308 g/mol. The molecule has 5 rings (SSSR count). The van der Waals surface area contributed by atoms with E-state index in [-0.39, 0.29) is 0 Å². The molecular formula is C22H16N2. The molecule has 0 radical (unpaired) electrons. The van der Waals surface area contributed by atoms with Crippen LogP contribution in [0.25, 0.3) is 32.6 Å². The van der Waals surface area contributed by atoms with Crippen LogP contribution in [0.2, 0.25) is 0 Å². The Balaban J connectivity index is 1.88. The molecule has 4 aromatic carbocycles. The quantitative estimate of drug-likeness (QED) is 0.400. The van der Waals surface area contributed by atoms with Crippen molar-refractivity contribution in [1.29, 1.82) is 0 Å². The summed E-state index contributed by atoms with van der Waals surface area (Å²) in [5.41, 5.74) is 3.59. The molecule has 0 fully saturated rings. The molecule has 24 heavy (non-hydrogen) atoms. The minimum atomic E-state index is 0.833. The summed E-state index contributed by atoms with van der Waals surface area (Å²) in [6.07, 6.45) is 1.97. The zero-order chi connectivity index (χ0) is 15.9. The zero-order valence-electron chi connectivity index (χ0n) is 13.2. The summed E-state index contributed by atoms with van der Waals surface area (Å²) in [7, 11) is 0. The molecule has 0 unspecified atom stereocenters. The Morgan fingerprint density at radius 1 is 0.625 bits per heavy atom. The van der Waals surface area contributed by atoms with Gasteiger partial charge in [-0.3, -0.25) is 0 Å². The summed E-state index contributed by atoms with van der Waals surface area (Å²) in [4.78, 5) is 4.76. The molecule has 0 aliphatic rings. The lowest BCUT2D eigenvalue weighted by Crippen LogP contribution is -1.98. The van der Waals surface area contributed by atoms with Crippen molar-refractivity contribution in [1.82, 2.24) is 9.55 Å². The van der Waals surface area contributed by atoms with Crippen LogP contribution in [0.1, 0.15) is 5.56 Å². The van der Waals surface area contributed by atoms with Crippen LogP contribution >= 0.6 is 0 Å². The molecule has 1 heterocycles. The molecule has 0 saturated carbocycles. The van der Waals surface area contributed by atoms with Gasteiger partial charge in [-0.25, -0.2) is 4.98 Å². The molecule has 0 aliphatic heterocycles. The van der Waals surface area contributed by atoms with Crippen LogP contribution < -0.4 is 0 Å². The highest BCUT2D eigenvalue weighted by Gasteiger charge is 2.12. The first-order valence-electron chi connectivity index (χ1n) is 8.20. The van der Waals surface area contributed by atoms with E-state index in [1.165, 1.54) is 32.6 Å². The average Bonchev–Trinajstić information content (AvgIpc) is 3.07. The monoisotopic (exact) mass is 308 g/mol. The summed E-state index contributed by atoms with van der Waals surface area (Å²) < 4.78 is 2.26. The van der Waals surface area contributed by atoms with Gasteiger partial charge < -0.3 is 4.57 Å². The Morgan fingerprint density at radius 2 is 1.21 bits per heavy atom. The van der Waals surface area contributed by atoms with Crippen molar-refractivity contribution in [2.24, 2.45) is 0 Å². The van der Waals surface area contributed by atoms with E-state index in [0.717, 1.165) is 12.1 Å². The maximum atomic E-state index is 4.76. The molecular weight excluding hydrogens is 292 g/mol. The molecule has 1 aromatic heterocycles. The predicted molar refractivity (Wildman–Crippen MR) is 100 cm³/mol. The van der Waals surface area contributed by atoms with Crippen molar-refractivity contribution in [2.75, 3.05) is 0 Å². The largest absolute Gasteiger partial charge is 0.326 e. The first-order chi connectivity index (χ1) is 11.9. The van der Waals surface area contributed by atoms with Crippen molar-refractivity contribution in [3.8, 4) is 0 Å². The molecule has 0 N–H and O–H groups in total. The summed E-state index contributed by atoms with van der Waals surface area (Å²) in [6.45, 7) is 0.833. The van der Waals surface area contributed by atoms with E-state index in [4.69, 9.17) is 4.98 Å². The second-order valence-electron chi connectivity index (χ2n) is 6.15. The number of nitrogens with zero attached hydrogens (tertiary/aromatic N) is 2. The van der Waals surface area contributed by atoms with Crippen LogP contribution in [0.4, 0.5) is 0 Å². The normalized spacial score (nSPS) is 11.5. The van der Waals surface area contributed by atoms with Gasteiger partial charge in [0.15, 0.2) is 0 Å². The van der Waals surface area contributed by atoms with E-state index in [0.29, 0.717) is 0 Å². The van der Waals surface area contributed by atoms with Crippen molar-refractivity contribution in [3.05, 3.63) is 90.8 Å². The van der Waals surface area contributed by atoms with Gasteiger partial charge in [-0.15, -0.1) is 0 Å². The third kappa shape index (κ3) is 1.93. The number of hydrogen-bond acceptors (Lipinski definition) is 1. The van der Waals surface area contributed by atoms with E-state index >= 15 is 0 Å². The van der Waals surface area contributed by atoms with Crippen molar-refractivity contribution in [3.63, 3.8) is 0 Å². The van der Waals surface area contributed by atoms with Gasteiger partial charge in [0, 0.05) is 17.3 Å². The lowest BCUT2D eigenvalue weighted by atomic mass is 10.00. The highest BCUT2D eigenvalue weighted by Crippen LogP contribution is 2.34. The molecule has 0 amide bonds. The number of aromatic nitrogens is 2. The fraction of sp³-hybridized carbons (Fsp3) is 0.0455. The molecule has 0 atom stereocenters. The molecule has 0 bridgehead atoms. The smallest absolute Gasteiger partial charge is 0.0969 e. The second-order valence-corrected chi connectivity index (χ2v) is 6.15. The Kier molecular flexibility index (Phi) is 2.89. The molecule has 2 nitrogen and oxygen atoms in total. The fourth-order valence-corrected chi connectivity index (χ4v) is 3.61. The van der Waals surface area contributed by atoms with Gasteiger partial charge in [0.1, 0.15) is 0 Å². The molecule has 0 aliphatic carbocycles. The highest BCUT2D eigenvalue weighted by molar-refractivity contribution is 6.23. The first kappa shape index (κ1) is 13.3. The van der Waals surface area contributed by atoms with Crippen LogP contribution in [-0.2, 0) is 6.54 Å². The van der Waals surface area contributed by atoms with Crippen molar-refractivity contribution >= 4 is 32.6 Å². The van der Waals surface area contributed by atoms with Crippen LogP contribution in [-0.4, -0.2) is 9.55 Å². The fourth-order valence-electron chi connectivity index (χ4n) is 3.61. The SMILES string of the molecule is c1ccc(Cn2cnc3c4ccccc4c4ccccc4c32)cc1. The van der Waals surface area contributed by atoms with Gasteiger partial charge in [-0.05, 0) is 16.3 Å². The molecule has 2 heteroatoms. The molecule has 0 spiro atoms. The minimum Gasteiger partial charge on any atom is -0.326 e. The summed E-state index contributed by atoms with van der Waals surface area (Å²) in [5, 5.41) is 5.04. The maximum Gasteiger partial charge on any atom is 0.0969 e. The van der Waals surface area contributed by atoms with E-state index in [1.54, 1.807) is 0 Å². The molecule has 114 valence electrons.